The number of amides is 1. The van der Waals surface area contributed by atoms with Gasteiger partial charge in [-0.05, 0) is 45.6 Å². The fourth-order valence-electron chi connectivity index (χ4n) is 2.67. The molecule has 0 aromatic heterocycles. The summed E-state index contributed by atoms with van der Waals surface area (Å²) in [6.07, 6.45) is 17.7. The first kappa shape index (κ1) is 22.9. The Kier molecular flexibility index (Phi) is 15.9. The molecule has 0 spiro atoms. The van der Waals surface area contributed by atoms with Gasteiger partial charge < -0.3 is 5.32 Å². The van der Waals surface area contributed by atoms with Gasteiger partial charge in [0.1, 0.15) is 0 Å². The van der Waals surface area contributed by atoms with E-state index in [0.29, 0.717) is 12.8 Å². The molecule has 0 unspecified atom stereocenters. The number of hydrogen-bond donors (Lipinski definition) is 1. The highest BCUT2D eigenvalue weighted by atomic mass is 16.1. The molecule has 0 aliphatic heterocycles. The predicted octanol–water partition coefficient (Wildman–Crippen LogP) is 5.73. The number of nitrogens with one attached hydrogen (secondary N) is 1. The molecular weight excluding hydrogens is 298 g/mol. The Labute approximate surface area is 149 Å². The first-order valence-electron chi connectivity index (χ1n) is 10.0. The number of hydrogen-bond acceptors (Lipinski definition) is 2. The van der Waals surface area contributed by atoms with Crippen LogP contribution in [-0.4, -0.2) is 17.7 Å². The first-order valence-corrected chi connectivity index (χ1v) is 10.0. The maximum atomic E-state index is 11.7. The van der Waals surface area contributed by atoms with Gasteiger partial charge in [0.25, 0.3) is 0 Å². The molecule has 0 atom stereocenters. The molecule has 0 heterocycles. The van der Waals surface area contributed by atoms with Gasteiger partial charge in [-0.1, -0.05) is 57.9 Å². The Balaban J connectivity index is 3.38. The molecule has 0 radical (unpaired) electrons. The minimum Gasteiger partial charge on any atom is -0.354 e. The van der Waals surface area contributed by atoms with Gasteiger partial charge in [0.15, 0.2) is 5.78 Å². The van der Waals surface area contributed by atoms with Gasteiger partial charge in [-0.2, -0.15) is 0 Å². The van der Waals surface area contributed by atoms with Gasteiger partial charge in [0.05, 0.1) is 0 Å². The van der Waals surface area contributed by atoms with Crippen molar-refractivity contribution < 1.29 is 9.59 Å². The quantitative estimate of drug-likeness (QED) is 0.289. The highest BCUT2D eigenvalue weighted by Gasteiger charge is 2.02. The lowest BCUT2D eigenvalue weighted by Gasteiger charge is -2.07. The largest absolute Gasteiger partial charge is 0.354 e. The molecule has 1 amide bonds. The third kappa shape index (κ3) is 17.2. The molecule has 0 rings (SSSR count). The average Bonchev–Trinajstić information content (AvgIpc) is 2.52. The van der Waals surface area contributed by atoms with E-state index in [0.717, 1.165) is 38.5 Å². The van der Waals surface area contributed by atoms with Crippen molar-refractivity contribution in [3.63, 3.8) is 0 Å². The van der Waals surface area contributed by atoms with Crippen LogP contribution in [0.1, 0.15) is 104 Å². The van der Waals surface area contributed by atoms with Crippen LogP contribution < -0.4 is 5.32 Å². The van der Waals surface area contributed by atoms with Crippen LogP contribution in [-0.2, 0) is 9.59 Å². The Bertz CT molecular complexity index is 348. The van der Waals surface area contributed by atoms with Gasteiger partial charge >= 0.3 is 0 Å². The van der Waals surface area contributed by atoms with Crippen molar-refractivity contribution in [2.24, 2.45) is 0 Å². The van der Waals surface area contributed by atoms with Crippen molar-refractivity contribution in [2.45, 2.75) is 110 Å². The molecule has 0 saturated carbocycles. The SMILES string of the molecule is CCCCCCC/C=C/C(=O)CCCCCCCC(=O)NC(C)C. The van der Waals surface area contributed by atoms with E-state index in [1.807, 2.05) is 19.9 Å². The standard InChI is InChI=1S/C21H39NO2/c1-4-5-6-7-8-10-13-16-20(23)17-14-11-9-12-15-18-21(24)22-19(2)3/h13,16,19H,4-12,14-15,17-18H2,1-3H3,(H,22,24)/b16-13+. The minimum absolute atomic E-state index is 0.153. The fraction of sp³-hybridized carbons (Fsp3) is 0.810. The van der Waals surface area contributed by atoms with Crippen LogP contribution in [0, 0.1) is 0 Å². The van der Waals surface area contributed by atoms with Crippen LogP contribution in [0.25, 0.3) is 0 Å². The van der Waals surface area contributed by atoms with Crippen molar-refractivity contribution in [3.8, 4) is 0 Å². The monoisotopic (exact) mass is 337 g/mol. The summed E-state index contributed by atoms with van der Waals surface area (Å²) < 4.78 is 0. The van der Waals surface area contributed by atoms with Crippen LogP contribution in [0.3, 0.4) is 0 Å². The summed E-state index contributed by atoms with van der Waals surface area (Å²) in [7, 11) is 0. The molecule has 0 aromatic carbocycles. The lowest BCUT2D eigenvalue weighted by molar-refractivity contribution is -0.121. The summed E-state index contributed by atoms with van der Waals surface area (Å²) in [6, 6.07) is 0.230. The molecule has 3 heteroatoms. The van der Waals surface area contributed by atoms with Crippen LogP contribution in [0.4, 0.5) is 0 Å². The lowest BCUT2D eigenvalue weighted by atomic mass is 10.1. The molecule has 24 heavy (non-hydrogen) atoms. The molecule has 0 aliphatic rings. The third-order valence-electron chi connectivity index (χ3n) is 4.05. The van der Waals surface area contributed by atoms with Crippen LogP contribution in [0.5, 0.6) is 0 Å². The molecule has 0 bridgehead atoms. The number of carbonyl (C=O) groups is 2. The number of allylic oxidation sites excluding steroid dienone is 2. The Hall–Kier alpha value is -1.12. The zero-order valence-corrected chi connectivity index (χ0v) is 16.2. The molecule has 0 fully saturated rings. The lowest BCUT2D eigenvalue weighted by Crippen LogP contribution is -2.29. The molecule has 0 saturated heterocycles. The summed E-state index contributed by atoms with van der Waals surface area (Å²) in [5.41, 5.74) is 0. The van der Waals surface area contributed by atoms with Crippen molar-refractivity contribution in [3.05, 3.63) is 12.2 Å². The van der Waals surface area contributed by atoms with Crippen molar-refractivity contribution in [1.29, 1.82) is 0 Å². The summed E-state index contributed by atoms with van der Waals surface area (Å²) in [4.78, 5) is 23.2. The van der Waals surface area contributed by atoms with Crippen molar-refractivity contribution in [2.75, 3.05) is 0 Å². The van der Waals surface area contributed by atoms with E-state index >= 15 is 0 Å². The topological polar surface area (TPSA) is 46.2 Å². The van der Waals surface area contributed by atoms with E-state index in [1.165, 1.54) is 32.1 Å². The Morgan fingerprint density at radius 1 is 0.833 bits per heavy atom. The highest BCUT2D eigenvalue weighted by molar-refractivity contribution is 5.89. The summed E-state index contributed by atoms with van der Waals surface area (Å²) in [5.74, 6) is 0.417. The van der Waals surface area contributed by atoms with Crippen LogP contribution in [0.15, 0.2) is 12.2 Å². The van der Waals surface area contributed by atoms with E-state index < -0.39 is 0 Å². The van der Waals surface area contributed by atoms with Crippen molar-refractivity contribution in [1.82, 2.24) is 5.32 Å². The van der Waals surface area contributed by atoms with Gasteiger partial charge in [-0.15, -0.1) is 0 Å². The van der Waals surface area contributed by atoms with E-state index in [4.69, 9.17) is 0 Å². The number of unbranched alkanes of at least 4 members (excludes halogenated alkanes) is 9. The van der Waals surface area contributed by atoms with E-state index in [1.54, 1.807) is 6.08 Å². The second kappa shape index (κ2) is 16.7. The predicted molar refractivity (Wildman–Crippen MR) is 103 cm³/mol. The average molecular weight is 338 g/mol. The number of carbonyl (C=O) groups excluding carboxylic acids is 2. The number of ketones is 1. The molecule has 3 nitrogen and oxygen atoms in total. The van der Waals surface area contributed by atoms with Crippen LogP contribution in [0.2, 0.25) is 0 Å². The minimum atomic E-state index is 0.153. The summed E-state index contributed by atoms with van der Waals surface area (Å²) >= 11 is 0. The molecular formula is C21H39NO2. The fourth-order valence-corrected chi connectivity index (χ4v) is 2.67. The second-order valence-corrected chi connectivity index (χ2v) is 7.06. The second-order valence-electron chi connectivity index (χ2n) is 7.06. The molecule has 0 aromatic rings. The highest BCUT2D eigenvalue weighted by Crippen LogP contribution is 2.09. The maximum absolute atomic E-state index is 11.7. The van der Waals surface area contributed by atoms with Gasteiger partial charge in [0, 0.05) is 18.9 Å². The maximum Gasteiger partial charge on any atom is 0.220 e. The smallest absolute Gasteiger partial charge is 0.220 e. The zero-order valence-electron chi connectivity index (χ0n) is 16.2. The first-order chi connectivity index (χ1) is 11.6. The third-order valence-corrected chi connectivity index (χ3v) is 4.05. The normalized spacial score (nSPS) is 11.3. The molecule has 0 aliphatic carbocycles. The molecule has 140 valence electrons. The Morgan fingerprint density at radius 2 is 1.42 bits per heavy atom. The Morgan fingerprint density at radius 3 is 2.08 bits per heavy atom. The summed E-state index contributed by atoms with van der Waals surface area (Å²) in [5, 5.41) is 2.91. The van der Waals surface area contributed by atoms with Crippen molar-refractivity contribution >= 4 is 11.7 Å². The van der Waals surface area contributed by atoms with Gasteiger partial charge in [-0.3, -0.25) is 9.59 Å². The van der Waals surface area contributed by atoms with Gasteiger partial charge in [-0.25, -0.2) is 0 Å². The van der Waals surface area contributed by atoms with E-state index in [-0.39, 0.29) is 17.7 Å². The number of rotatable bonds is 16. The zero-order chi connectivity index (χ0) is 18.0. The van der Waals surface area contributed by atoms with Gasteiger partial charge in [0.2, 0.25) is 5.91 Å². The van der Waals surface area contributed by atoms with E-state index in [2.05, 4.69) is 12.2 Å². The summed E-state index contributed by atoms with van der Waals surface area (Å²) in [6.45, 7) is 6.19. The van der Waals surface area contributed by atoms with Crippen LogP contribution >= 0.6 is 0 Å². The molecule has 1 N–H and O–H groups in total. The van der Waals surface area contributed by atoms with E-state index in [9.17, 15) is 9.59 Å².